The van der Waals surface area contributed by atoms with E-state index in [0.717, 1.165) is 12.3 Å². The summed E-state index contributed by atoms with van der Waals surface area (Å²) in [5.41, 5.74) is 1.64. The van der Waals surface area contributed by atoms with E-state index in [0.29, 0.717) is 0 Å². The molecule has 1 rings (SSSR count). The number of rotatable bonds is 3. The lowest BCUT2D eigenvalue weighted by Crippen LogP contribution is -2.16. The van der Waals surface area contributed by atoms with Crippen molar-refractivity contribution in [3.05, 3.63) is 22.4 Å². The standard InChI is InChI=1S/C9H13ClS/c1-9(2,7-10)5-8-3-4-11-6-8/h3-4,6H,5,7H2,1-2H3. The fraction of sp³-hybridized carbons (Fsp3) is 0.556. The van der Waals surface area contributed by atoms with E-state index in [1.807, 2.05) is 0 Å². The molecule has 1 aromatic rings. The van der Waals surface area contributed by atoms with E-state index in [2.05, 4.69) is 30.7 Å². The lowest BCUT2D eigenvalue weighted by atomic mass is 9.89. The summed E-state index contributed by atoms with van der Waals surface area (Å²) in [6.07, 6.45) is 1.08. The fourth-order valence-electron chi connectivity index (χ4n) is 0.993. The van der Waals surface area contributed by atoms with Crippen molar-refractivity contribution in [3.63, 3.8) is 0 Å². The van der Waals surface area contributed by atoms with Gasteiger partial charge in [-0.15, -0.1) is 11.6 Å². The molecule has 62 valence electrons. The Morgan fingerprint density at radius 1 is 1.55 bits per heavy atom. The van der Waals surface area contributed by atoms with E-state index in [1.165, 1.54) is 5.56 Å². The Balaban J connectivity index is 2.56. The number of alkyl halides is 1. The monoisotopic (exact) mass is 188 g/mol. The highest BCUT2D eigenvalue weighted by Crippen LogP contribution is 2.24. The van der Waals surface area contributed by atoms with Crippen LogP contribution >= 0.6 is 22.9 Å². The van der Waals surface area contributed by atoms with Gasteiger partial charge in [-0.05, 0) is 34.2 Å². The number of hydrogen-bond donors (Lipinski definition) is 0. The van der Waals surface area contributed by atoms with Crippen LogP contribution in [0.5, 0.6) is 0 Å². The van der Waals surface area contributed by atoms with Gasteiger partial charge < -0.3 is 0 Å². The van der Waals surface area contributed by atoms with Gasteiger partial charge >= 0.3 is 0 Å². The van der Waals surface area contributed by atoms with Crippen LogP contribution in [0.1, 0.15) is 19.4 Å². The Bertz CT molecular complexity index is 201. The highest BCUT2D eigenvalue weighted by Gasteiger charge is 2.16. The van der Waals surface area contributed by atoms with Gasteiger partial charge in [0.2, 0.25) is 0 Å². The largest absolute Gasteiger partial charge is 0.152 e. The van der Waals surface area contributed by atoms with Crippen molar-refractivity contribution in [3.8, 4) is 0 Å². The van der Waals surface area contributed by atoms with E-state index in [-0.39, 0.29) is 5.41 Å². The molecule has 0 atom stereocenters. The van der Waals surface area contributed by atoms with Crippen LogP contribution in [-0.4, -0.2) is 5.88 Å². The molecule has 1 aromatic heterocycles. The van der Waals surface area contributed by atoms with Gasteiger partial charge in [0.15, 0.2) is 0 Å². The molecule has 0 unspecified atom stereocenters. The molecule has 0 fully saturated rings. The normalized spacial score (nSPS) is 11.9. The Hall–Kier alpha value is -0.0100. The van der Waals surface area contributed by atoms with Crippen LogP contribution in [-0.2, 0) is 6.42 Å². The van der Waals surface area contributed by atoms with Crippen molar-refractivity contribution < 1.29 is 0 Å². The van der Waals surface area contributed by atoms with Crippen molar-refractivity contribution in [2.45, 2.75) is 20.3 Å². The first-order valence-corrected chi connectivity index (χ1v) is 5.19. The average molecular weight is 189 g/mol. The molecule has 0 aliphatic carbocycles. The highest BCUT2D eigenvalue weighted by molar-refractivity contribution is 7.07. The predicted molar refractivity (Wildman–Crippen MR) is 52.5 cm³/mol. The van der Waals surface area contributed by atoms with Crippen molar-refractivity contribution in [1.82, 2.24) is 0 Å². The van der Waals surface area contributed by atoms with Gasteiger partial charge in [-0.2, -0.15) is 11.3 Å². The van der Waals surface area contributed by atoms with Gasteiger partial charge in [0.05, 0.1) is 0 Å². The van der Waals surface area contributed by atoms with Crippen LogP contribution in [0.4, 0.5) is 0 Å². The summed E-state index contributed by atoms with van der Waals surface area (Å²) in [7, 11) is 0. The third-order valence-electron chi connectivity index (χ3n) is 1.62. The van der Waals surface area contributed by atoms with Crippen LogP contribution < -0.4 is 0 Å². The summed E-state index contributed by atoms with van der Waals surface area (Å²) in [6.45, 7) is 4.38. The second-order valence-electron chi connectivity index (χ2n) is 3.61. The zero-order valence-electron chi connectivity index (χ0n) is 6.93. The van der Waals surface area contributed by atoms with Gasteiger partial charge in [0.1, 0.15) is 0 Å². The van der Waals surface area contributed by atoms with Crippen molar-refractivity contribution in [1.29, 1.82) is 0 Å². The van der Waals surface area contributed by atoms with Crippen molar-refractivity contribution in [2.75, 3.05) is 5.88 Å². The summed E-state index contributed by atoms with van der Waals surface area (Å²) in [5.74, 6) is 0.725. The molecule has 0 radical (unpaired) electrons. The SMILES string of the molecule is CC(C)(CCl)Cc1ccsc1. The topological polar surface area (TPSA) is 0 Å². The Morgan fingerprint density at radius 3 is 2.73 bits per heavy atom. The van der Waals surface area contributed by atoms with E-state index in [9.17, 15) is 0 Å². The molecular weight excluding hydrogens is 176 g/mol. The van der Waals surface area contributed by atoms with E-state index in [4.69, 9.17) is 11.6 Å². The molecule has 0 saturated carbocycles. The molecule has 0 N–H and O–H groups in total. The maximum absolute atomic E-state index is 5.81. The van der Waals surface area contributed by atoms with Crippen LogP contribution in [0, 0.1) is 5.41 Å². The van der Waals surface area contributed by atoms with Crippen LogP contribution in [0.25, 0.3) is 0 Å². The van der Waals surface area contributed by atoms with Gasteiger partial charge in [0, 0.05) is 5.88 Å². The lowest BCUT2D eigenvalue weighted by Gasteiger charge is -2.19. The van der Waals surface area contributed by atoms with Crippen LogP contribution in [0.2, 0.25) is 0 Å². The first-order chi connectivity index (χ1) is 5.14. The number of thiophene rings is 1. The third kappa shape index (κ3) is 2.84. The Labute approximate surface area is 77.2 Å². The second kappa shape index (κ2) is 3.59. The van der Waals surface area contributed by atoms with Crippen LogP contribution in [0.15, 0.2) is 16.8 Å². The first kappa shape index (κ1) is 9.08. The fourth-order valence-corrected chi connectivity index (χ4v) is 1.76. The molecule has 0 amide bonds. The zero-order valence-corrected chi connectivity index (χ0v) is 8.50. The maximum atomic E-state index is 5.81. The maximum Gasteiger partial charge on any atom is 0.0277 e. The molecule has 0 saturated heterocycles. The first-order valence-electron chi connectivity index (χ1n) is 3.71. The minimum absolute atomic E-state index is 0.239. The molecule has 1 heterocycles. The average Bonchev–Trinajstić information content (AvgIpc) is 2.39. The smallest absolute Gasteiger partial charge is 0.0277 e. The zero-order chi connectivity index (χ0) is 8.32. The quantitative estimate of drug-likeness (QED) is 0.637. The van der Waals surface area contributed by atoms with Gasteiger partial charge in [0.25, 0.3) is 0 Å². The molecule has 0 spiro atoms. The number of hydrogen-bond acceptors (Lipinski definition) is 1. The summed E-state index contributed by atoms with van der Waals surface area (Å²) in [4.78, 5) is 0. The minimum Gasteiger partial charge on any atom is -0.152 e. The minimum atomic E-state index is 0.239. The highest BCUT2D eigenvalue weighted by atomic mass is 35.5. The van der Waals surface area contributed by atoms with Gasteiger partial charge in [-0.3, -0.25) is 0 Å². The molecule has 2 heteroatoms. The molecule has 0 aromatic carbocycles. The van der Waals surface area contributed by atoms with E-state index in [1.54, 1.807) is 11.3 Å². The van der Waals surface area contributed by atoms with Crippen LogP contribution in [0.3, 0.4) is 0 Å². The molecular formula is C9H13ClS. The molecule has 0 aliphatic rings. The summed E-state index contributed by atoms with van der Waals surface area (Å²) >= 11 is 7.56. The number of halogens is 1. The van der Waals surface area contributed by atoms with Gasteiger partial charge in [-0.1, -0.05) is 13.8 Å². The van der Waals surface area contributed by atoms with Gasteiger partial charge in [-0.25, -0.2) is 0 Å². The van der Waals surface area contributed by atoms with Crippen molar-refractivity contribution >= 4 is 22.9 Å². The molecule has 0 nitrogen and oxygen atoms in total. The van der Waals surface area contributed by atoms with E-state index < -0.39 is 0 Å². The Morgan fingerprint density at radius 2 is 2.27 bits per heavy atom. The molecule has 11 heavy (non-hydrogen) atoms. The summed E-state index contributed by atoms with van der Waals surface area (Å²) < 4.78 is 0. The van der Waals surface area contributed by atoms with E-state index >= 15 is 0 Å². The molecule has 0 bridgehead atoms. The molecule has 0 aliphatic heterocycles. The summed E-state index contributed by atoms with van der Waals surface area (Å²) in [6, 6.07) is 2.17. The second-order valence-corrected chi connectivity index (χ2v) is 4.65. The van der Waals surface area contributed by atoms with Crippen molar-refractivity contribution in [2.24, 2.45) is 5.41 Å². The Kier molecular flexibility index (Phi) is 2.97. The summed E-state index contributed by atoms with van der Waals surface area (Å²) in [5, 5.41) is 4.30. The third-order valence-corrected chi connectivity index (χ3v) is 3.08. The lowest BCUT2D eigenvalue weighted by molar-refractivity contribution is 0.419. The predicted octanol–water partition coefficient (Wildman–Crippen LogP) is 3.56.